The molecule has 0 radical (unpaired) electrons. The zero-order valence-electron chi connectivity index (χ0n) is 10.5. The summed E-state index contributed by atoms with van der Waals surface area (Å²) in [7, 11) is 0. The Kier molecular flexibility index (Phi) is 5.47. The molecule has 0 saturated carbocycles. The first-order valence-corrected chi connectivity index (χ1v) is 7.27. The molecule has 2 aromatic rings. The third kappa shape index (κ3) is 4.35. The summed E-state index contributed by atoms with van der Waals surface area (Å²) in [5, 5.41) is 6.08. The number of nitrogens with one attached hydrogen (secondary N) is 2. The number of carbonyl (C=O) groups is 1. The number of anilines is 1. The second kappa shape index (κ2) is 7.13. The molecule has 1 aromatic carbocycles. The van der Waals surface area contributed by atoms with Gasteiger partial charge in [0.15, 0.2) is 4.99 Å². The second-order valence-corrected chi connectivity index (χ2v) is 5.57. The largest absolute Gasteiger partial charge is 0.467 e. The van der Waals surface area contributed by atoms with Crippen LogP contribution in [-0.2, 0) is 11.3 Å². The smallest absolute Gasteiger partial charge is 0.283 e. The molecule has 0 atom stereocenters. The van der Waals surface area contributed by atoms with E-state index in [0.717, 1.165) is 0 Å². The molecule has 1 amide bonds. The SMILES string of the molecule is O=C(Nc1cc(Cl)c(Cl)c(Cl)c1)C(=S)NCc1ccco1. The predicted octanol–water partition coefficient (Wildman–Crippen LogP) is 4.30. The average molecular weight is 364 g/mol. The highest BCUT2D eigenvalue weighted by Crippen LogP contribution is 2.33. The molecule has 1 heterocycles. The molecule has 2 N–H and O–H groups in total. The van der Waals surface area contributed by atoms with E-state index in [4.69, 9.17) is 51.4 Å². The zero-order chi connectivity index (χ0) is 15.4. The van der Waals surface area contributed by atoms with Crippen LogP contribution < -0.4 is 10.6 Å². The number of carbonyl (C=O) groups excluding carboxylic acids is 1. The van der Waals surface area contributed by atoms with E-state index in [-0.39, 0.29) is 20.1 Å². The Bertz CT molecular complexity index is 651. The van der Waals surface area contributed by atoms with Gasteiger partial charge in [-0.15, -0.1) is 0 Å². The van der Waals surface area contributed by atoms with Gasteiger partial charge in [0.25, 0.3) is 5.91 Å². The van der Waals surface area contributed by atoms with E-state index in [1.165, 1.54) is 18.4 Å². The van der Waals surface area contributed by atoms with E-state index in [9.17, 15) is 4.79 Å². The Hall–Kier alpha value is -1.27. The van der Waals surface area contributed by atoms with Gasteiger partial charge in [-0.3, -0.25) is 4.79 Å². The normalized spacial score (nSPS) is 10.2. The van der Waals surface area contributed by atoms with Crippen LogP contribution in [0.3, 0.4) is 0 Å². The van der Waals surface area contributed by atoms with E-state index in [2.05, 4.69) is 10.6 Å². The van der Waals surface area contributed by atoms with Crippen LogP contribution in [0.25, 0.3) is 0 Å². The Labute approximate surface area is 141 Å². The lowest BCUT2D eigenvalue weighted by atomic mass is 10.3. The summed E-state index contributed by atoms with van der Waals surface area (Å²) < 4.78 is 5.12. The van der Waals surface area contributed by atoms with Gasteiger partial charge in [-0.1, -0.05) is 47.0 Å². The van der Waals surface area contributed by atoms with Crippen LogP contribution in [-0.4, -0.2) is 10.9 Å². The first-order chi connectivity index (χ1) is 9.97. The lowest BCUT2D eigenvalue weighted by molar-refractivity contribution is -0.110. The topological polar surface area (TPSA) is 54.3 Å². The van der Waals surface area contributed by atoms with E-state index in [1.807, 2.05) is 0 Å². The molecule has 0 aliphatic carbocycles. The molecule has 0 bridgehead atoms. The molecule has 4 nitrogen and oxygen atoms in total. The second-order valence-electron chi connectivity index (χ2n) is 3.97. The zero-order valence-corrected chi connectivity index (χ0v) is 13.5. The van der Waals surface area contributed by atoms with Gasteiger partial charge < -0.3 is 15.1 Å². The average Bonchev–Trinajstić information content (AvgIpc) is 2.95. The van der Waals surface area contributed by atoms with Crippen LogP contribution in [0.2, 0.25) is 15.1 Å². The molecule has 0 fully saturated rings. The van der Waals surface area contributed by atoms with Crippen LogP contribution in [0.5, 0.6) is 0 Å². The molecule has 0 aliphatic rings. The number of thiocarbonyl (C=S) groups is 1. The molecule has 1 aromatic heterocycles. The van der Waals surface area contributed by atoms with Gasteiger partial charge in [-0.05, 0) is 24.3 Å². The molecule has 21 heavy (non-hydrogen) atoms. The first-order valence-electron chi connectivity index (χ1n) is 5.73. The highest BCUT2D eigenvalue weighted by atomic mass is 35.5. The number of furan rings is 1. The molecule has 2 rings (SSSR count). The van der Waals surface area contributed by atoms with Crippen LogP contribution in [0, 0.1) is 0 Å². The van der Waals surface area contributed by atoms with Crippen LogP contribution in [0.1, 0.15) is 5.76 Å². The summed E-state index contributed by atoms with van der Waals surface area (Å²) in [5.41, 5.74) is 0.404. The van der Waals surface area contributed by atoms with E-state index >= 15 is 0 Å². The lowest BCUT2D eigenvalue weighted by Gasteiger charge is -2.09. The molecular weight excluding hydrogens is 355 g/mol. The number of hydrogen-bond donors (Lipinski definition) is 2. The lowest BCUT2D eigenvalue weighted by Crippen LogP contribution is -2.33. The van der Waals surface area contributed by atoms with Crippen LogP contribution in [0.15, 0.2) is 34.9 Å². The fraction of sp³-hybridized carbons (Fsp3) is 0.0769. The van der Waals surface area contributed by atoms with Gasteiger partial charge in [-0.25, -0.2) is 0 Å². The van der Waals surface area contributed by atoms with E-state index in [0.29, 0.717) is 18.0 Å². The number of rotatable bonds is 3. The summed E-state index contributed by atoms with van der Waals surface area (Å²) in [6, 6.07) is 6.50. The van der Waals surface area contributed by atoms with Gasteiger partial charge in [0, 0.05) is 5.69 Å². The third-order valence-electron chi connectivity index (χ3n) is 2.45. The summed E-state index contributed by atoms with van der Waals surface area (Å²) in [4.78, 5) is 11.9. The van der Waals surface area contributed by atoms with E-state index in [1.54, 1.807) is 12.1 Å². The Morgan fingerprint density at radius 2 is 1.90 bits per heavy atom. The van der Waals surface area contributed by atoms with Gasteiger partial charge in [0.05, 0.1) is 27.9 Å². The third-order valence-corrected chi connectivity index (χ3v) is 3.98. The fourth-order valence-corrected chi connectivity index (χ4v) is 2.20. The number of benzene rings is 1. The summed E-state index contributed by atoms with van der Waals surface area (Å²) >= 11 is 22.6. The minimum atomic E-state index is -0.481. The Morgan fingerprint density at radius 1 is 1.24 bits per heavy atom. The van der Waals surface area contributed by atoms with Crippen molar-refractivity contribution in [3.8, 4) is 0 Å². The van der Waals surface area contributed by atoms with Gasteiger partial charge >= 0.3 is 0 Å². The van der Waals surface area contributed by atoms with Crippen molar-refractivity contribution in [3.05, 3.63) is 51.4 Å². The molecule has 110 valence electrons. The minimum Gasteiger partial charge on any atom is -0.467 e. The molecule has 0 spiro atoms. The molecule has 8 heteroatoms. The van der Waals surface area contributed by atoms with Crippen molar-refractivity contribution in [3.63, 3.8) is 0 Å². The van der Waals surface area contributed by atoms with Crippen molar-refractivity contribution in [2.75, 3.05) is 5.32 Å². The molecule has 0 aliphatic heterocycles. The maximum Gasteiger partial charge on any atom is 0.283 e. The van der Waals surface area contributed by atoms with Crippen molar-refractivity contribution >= 4 is 63.6 Å². The standard InChI is InChI=1S/C13H9Cl3N2O2S/c14-9-4-7(5-10(15)11(9)16)18-12(19)13(21)17-6-8-2-1-3-20-8/h1-5H,6H2,(H,17,21)(H,18,19). The quantitative estimate of drug-likeness (QED) is 0.631. The fourth-order valence-electron chi connectivity index (χ4n) is 1.48. The van der Waals surface area contributed by atoms with Gasteiger partial charge in [-0.2, -0.15) is 0 Å². The van der Waals surface area contributed by atoms with Crippen molar-refractivity contribution in [1.29, 1.82) is 0 Å². The monoisotopic (exact) mass is 362 g/mol. The molecule has 0 saturated heterocycles. The summed E-state index contributed by atoms with van der Waals surface area (Å²) in [6.45, 7) is 0.321. The van der Waals surface area contributed by atoms with Crippen molar-refractivity contribution in [2.24, 2.45) is 0 Å². The first kappa shape index (κ1) is 16.1. The molecular formula is C13H9Cl3N2O2S. The summed E-state index contributed by atoms with van der Waals surface area (Å²) in [5.74, 6) is 0.189. The number of halogens is 3. The molecule has 0 unspecified atom stereocenters. The highest BCUT2D eigenvalue weighted by Gasteiger charge is 2.12. The highest BCUT2D eigenvalue weighted by molar-refractivity contribution is 7.82. The Balaban J connectivity index is 1.96. The van der Waals surface area contributed by atoms with E-state index < -0.39 is 5.91 Å². The van der Waals surface area contributed by atoms with Gasteiger partial charge in [0.2, 0.25) is 0 Å². The van der Waals surface area contributed by atoms with Gasteiger partial charge in [0.1, 0.15) is 5.76 Å². The van der Waals surface area contributed by atoms with Crippen LogP contribution >= 0.6 is 47.0 Å². The van der Waals surface area contributed by atoms with Crippen molar-refractivity contribution < 1.29 is 9.21 Å². The summed E-state index contributed by atoms with van der Waals surface area (Å²) in [6.07, 6.45) is 1.54. The van der Waals surface area contributed by atoms with Crippen molar-refractivity contribution in [1.82, 2.24) is 5.32 Å². The van der Waals surface area contributed by atoms with Crippen LogP contribution in [0.4, 0.5) is 5.69 Å². The van der Waals surface area contributed by atoms with Crippen molar-refractivity contribution in [2.45, 2.75) is 6.54 Å². The number of amides is 1. The Morgan fingerprint density at radius 3 is 2.48 bits per heavy atom. The minimum absolute atomic E-state index is 0.0218. The predicted molar refractivity (Wildman–Crippen MR) is 88.2 cm³/mol. The maximum absolute atomic E-state index is 11.9. The number of hydrogen-bond acceptors (Lipinski definition) is 3. The maximum atomic E-state index is 11.9.